The maximum Gasteiger partial charge on any atom is 0.131 e. The first-order valence-electron chi connectivity index (χ1n) is 6.08. The van der Waals surface area contributed by atoms with Crippen LogP contribution in [0.5, 0.6) is 5.75 Å². The zero-order valence-electron chi connectivity index (χ0n) is 11.4. The Kier molecular flexibility index (Phi) is 4.39. The highest BCUT2D eigenvalue weighted by molar-refractivity contribution is 7.84. The summed E-state index contributed by atoms with van der Waals surface area (Å²) in [6.07, 6.45) is 0. The largest absolute Gasteiger partial charge is 0.497 e. The first-order valence-corrected chi connectivity index (χ1v) is 7.40. The minimum absolute atomic E-state index is 0.0868. The molecule has 1 atom stereocenters. The monoisotopic (exact) mass is 293 g/mol. The first-order chi connectivity index (χ1) is 9.51. The Morgan fingerprint density at radius 1 is 1.25 bits per heavy atom. The maximum atomic E-state index is 13.8. The number of halogens is 1. The summed E-state index contributed by atoms with van der Waals surface area (Å²) >= 11 is 0. The van der Waals surface area contributed by atoms with Crippen molar-refractivity contribution in [3.63, 3.8) is 0 Å². The second-order valence-electron chi connectivity index (χ2n) is 4.49. The number of benzene rings is 2. The van der Waals surface area contributed by atoms with E-state index in [9.17, 15) is 8.60 Å². The number of nitrogens with two attached hydrogens (primary N) is 1. The third kappa shape index (κ3) is 3.17. The summed E-state index contributed by atoms with van der Waals surface area (Å²) in [6, 6.07) is 9.85. The summed E-state index contributed by atoms with van der Waals surface area (Å²) in [5, 5.41) is 0. The van der Waals surface area contributed by atoms with E-state index in [1.807, 2.05) is 13.0 Å². The van der Waals surface area contributed by atoms with E-state index in [1.54, 1.807) is 24.3 Å². The first kappa shape index (κ1) is 14.5. The zero-order valence-corrected chi connectivity index (χ0v) is 12.2. The van der Waals surface area contributed by atoms with Crippen LogP contribution >= 0.6 is 0 Å². The molecule has 2 aromatic carbocycles. The molecule has 106 valence electrons. The predicted octanol–water partition coefficient (Wildman–Crippen LogP) is 3.03. The molecule has 0 spiro atoms. The molecule has 0 amide bonds. The van der Waals surface area contributed by atoms with Gasteiger partial charge < -0.3 is 10.5 Å². The lowest BCUT2D eigenvalue weighted by Crippen LogP contribution is -2.03. The van der Waals surface area contributed by atoms with Crippen LogP contribution in [0.4, 0.5) is 10.1 Å². The van der Waals surface area contributed by atoms with E-state index in [1.165, 1.54) is 13.2 Å². The molecule has 0 saturated carbocycles. The Hall–Kier alpha value is -1.88. The van der Waals surface area contributed by atoms with E-state index >= 15 is 0 Å². The van der Waals surface area contributed by atoms with Gasteiger partial charge in [0.2, 0.25) is 0 Å². The molecular weight excluding hydrogens is 277 g/mol. The van der Waals surface area contributed by atoms with Gasteiger partial charge in [0.25, 0.3) is 0 Å². The van der Waals surface area contributed by atoms with E-state index < -0.39 is 16.6 Å². The van der Waals surface area contributed by atoms with Crippen LogP contribution in [0.1, 0.15) is 11.1 Å². The average Bonchev–Trinajstić information content (AvgIpc) is 2.43. The third-order valence-electron chi connectivity index (χ3n) is 2.96. The Bertz CT molecular complexity index is 658. The van der Waals surface area contributed by atoms with E-state index in [2.05, 4.69) is 0 Å². The van der Waals surface area contributed by atoms with Crippen LogP contribution in [-0.4, -0.2) is 11.3 Å². The van der Waals surface area contributed by atoms with Gasteiger partial charge in [-0.05, 0) is 30.7 Å². The molecule has 0 aliphatic carbocycles. The van der Waals surface area contributed by atoms with Crippen molar-refractivity contribution in [2.24, 2.45) is 0 Å². The molecule has 2 aromatic rings. The topological polar surface area (TPSA) is 52.3 Å². The molecule has 5 heteroatoms. The van der Waals surface area contributed by atoms with E-state index in [0.717, 1.165) is 5.56 Å². The van der Waals surface area contributed by atoms with Gasteiger partial charge in [0, 0.05) is 17.3 Å². The number of rotatable bonds is 4. The summed E-state index contributed by atoms with van der Waals surface area (Å²) < 4.78 is 31.1. The standard InChI is InChI=1S/C15H16FNO2S/c1-10-3-6-14(17)15(7-10)20(18)9-11-4-5-12(19-2)8-13(11)16/h3-8H,9,17H2,1-2H3. The van der Waals surface area contributed by atoms with E-state index in [4.69, 9.17) is 10.5 Å². The van der Waals surface area contributed by atoms with Gasteiger partial charge in [-0.15, -0.1) is 0 Å². The smallest absolute Gasteiger partial charge is 0.131 e. The van der Waals surface area contributed by atoms with Crippen LogP contribution in [0.2, 0.25) is 0 Å². The fourth-order valence-corrected chi connectivity index (χ4v) is 3.15. The van der Waals surface area contributed by atoms with Crippen molar-refractivity contribution in [2.75, 3.05) is 12.8 Å². The van der Waals surface area contributed by atoms with Gasteiger partial charge >= 0.3 is 0 Å². The number of ether oxygens (including phenoxy) is 1. The van der Waals surface area contributed by atoms with Gasteiger partial charge in [0.1, 0.15) is 11.6 Å². The van der Waals surface area contributed by atoms with E-state index in [0.29, 0.717) is 21.9 Å². The lowest BCUT2D eigenvalue weighted by atomic mass is 10.2. The summed E-state index contributed by atoms with van der Waals surface area (Å²) in [6.45, 7) is 1.90. The van der Waals surface area contributed by atoms with Crippen molar-refractivity contribution >= 4 is 16.5 Å². The third-order valence-corrected chi connectivity index (χ3v) is 4.38. The van der Waals surface area contributed by atoms with E-state index in [-0.39, 0.29) is 5.75 Å². The summed E-state index contributed by atoms with van der Waals surface area (Å²) in [7, 11) is 0.0914. The van der Waals surface area contributed by atoms with Crippen molar-refractivity contribution in [1.29, 1.82) is 0 Å². The summed E-state index contributed by atoms with van der Waals surface area (Å²) in [5.74, 6) is 0.0970. The minimum atomic E-state index is -1.38. The molecule has 0 heterocycles. The highest BCUT2D eigenvalue weighted by atomic mass is 32.2. The highest BCUT2D eigenvalue weighted by Crippen LogP contribution is 2.23. The molecule has 0 radical (unpaired) electrons. The van der Waals surface area contributed by atoms with Crippen molar-refractivity contribution in [3.05, 3.63) is 53.3 Å². The van der Waals surface area contributed by atoms with Crippen LogP contribution < -0.4 is 10.5 Å². The fourth-order valence-electron chi connectivity index (χ4n) is 1.83. The molecule has 20 heavy (non-hydrogen) atoms. The second-order valence-corrected chi connectivity index (χ2v) is 5.91. The Labute approximate surface area is 120 Å². The Balaban J connectivity index is 2.25. The van der Waals surface area contributed by atoms with Gasteiger partial charge in [0.05, 0.1) is 28.6 Å². The van der Waals surface area contributed by atoms with Crippen LogP contribution in [0.25, 0.3) is 0 Å². The summed E-state index contributed by atoms with van der Waals surface area (Å²) in [5.41, 5.74) is 7.63. The molecule has 1 unspecified atom stereocenters. The maximum absolute atomic E-state index is 13.8. The lowest BCUT2D eigenvalue weighted by Gasteiger charge is -2.08. The van der Waals surface area contributed by atoms with Crippen molar-refractivity contribution in [3.8, 4) is 5.75 Å². The predicted molar refractivity (Wildman–Crippen MR) is 78.7 cm³/mol. The van der Waals surface area contributed by atoms with Crippen LogP contribution in [0.15, 0.2) is 41.3 Å². The Morgan fingerprint density at radius 3 is 2.65 bits per heavy atom. The van der Waals surface area contributed by atoms with Crippen molar-refractivity contribution in [1.82, 2.24) is 0 Å². The average molecular weight is 293 g/mol. The van der Waals surface area contributed by atoms with Gasteiger partial charge in [-0.25, -0.2) is 4.39 Å². The molecule has 0 saturated heterocycles. The molecule has 0 aromatic heterocycles. The molecule has 0 fully saturated rings. The number of hydrogen-bond donors (Lipinski definition) is 1. The Morgan fingerprint density at radius 2 is 2.00 bits per heavy atom. The molecule has 2 rings (SSSR count). The molecule has 2 N–H and O–H groups in total. The van der Waals surface area contributed by atoms with Crippen molar-refractivity contribution in [2.45, 2.75) is 17.6 Å². The molecule has 0 bridgehead atoms. The molecular formula is C15H16FNO2S. The number of aryl methyl sites for hydroxylation is 1. The normalized spacial score (nSPS) is 12.2. The van der Waals surface area contributed by atoms with Crippen LogP contribution in [0, 0.1) is 12.7 Å². The fraction of sp³-hybridized carbons (Fsp3) is 0.200. The second kappa shape index (κ2) is 6.05. The van der Waals surface area contributed by atoms with Crippen LogP contribution in [-0.2, 0) is 16.6 Å². The quantitative estimate of drug-likeness (QED) is 0.882. The molecule has 0 aliphatic heterocycles. The molecule has 3 nitrogen and oxygen atoms in total. The number of nitrogen functional groups attached to an aromatic ring is 1. The van der Waals surface area contributed by atoms with Gasteiger partial charge in [-0.2, -0.15) is 0 Å². The number of hydrogen-bond acceptors (Lipinski definition) is 3. The van der Waals surface area contributed by atoms with Gasteiger partial charge in [0.15, 0.2) is 0 Å². The van der Waals surface area contributed by atoms with Crippen molar-refractivity contribution < 1.29 is 13.3 Å². The summed E-state index contributed by atoms with van der Waals surface area (Å²) in [4.78, 5) is 0.542. The molecule has 0 aliphatic rings. The number of methoxy groups -OCH3 is 1. The number of anilines is 1. The van der Waals surface area contributed by atoms with Crippen LogP contribution in [0.3, 0.4) is 0 Å². The van der Waals surface area contributed by atoms with Gasteiger partial charge in [-0.3, -0.25) is 4.21 Å². The van der Waals surface area contributed by atoms with Gasteiger partial charge in [-0.1, -0.05) is 12.1 Å². The highest BCUT2D eigenvalue weighted by Gasteiger charge is 2.12. The lowest BCUT2D eigenvalue weighted by molar-refractivity contribution is 0.411. The zero-order chi connectivity index (χ0) is 14.7. The SMILES string of the molecule is COc1ccc(CS(=O)c2cc(C)ccc2N)c(F)c1. The minimum Gasteiger partial charge on any atom is -0.497 e.